The van der Waals surface area contributed by atoms with Gasteiger partial charge < -0.3 is 44.8 Å². The van der Waals surface area contributed by atoms with Crippen LogP contribution in [0.15, 0.2) is 0 Å². The summed E-state index contributed by atoms with van der Waals surface area (Å²) in [4.78, 5) is 28.9. The molecule has 12 nitrogen and oxygen atoms in total. The molecule has 0 aromatic heterocycles. The van der Waals surface area contributed by atoms with E-state index >= 15 is 0 Å². The maximum atomic E-state index is 13.6. The van der Waals surface area contributed by atoms with Crippen molar-refractivity contribution in [1.29, 1.82) is 0 Å². The van der Waals surface area contributed by atoms with Crippen molar-refractivity contribution in [2.45, 2.75) is 158 Å². The predicted molar refractivity (Wildman–Crippen MR) is 174 cm³/mol. The van der Waals surface area contributed by atoms with Gasteiger partial charge in [0.15, 0.2) is 17.8 Å². The van der Waals surface area contributed by atoms with E-state index in [0.717, 1.165) is 19.4 Å². The average molecular weight is 694 g/mol. The maximum Gasteiger partial charge on any atom is 0.338 e. The summed E-state index contributed by atoms with van der Waals surface area (Å²) in [6, 6.07) is -0.251. The van der Waals surface area contributed by atoms with Gasteiger partial charge in [0.25, 0.3) is 0 Å². The summed E-state index contributed by atoms with van der Waals surface area (Å²) >= 11 is 0. The molecule has 3 saturated heterocycles. The Labute approximate surface area is 289 Å². The fourth-order valence-corrected chi connectivity index (χ4v) is 12.5. The highest BCUT2D eigenvalue weighted by Crippen LogP contribution is 2.77. The first-order valence-corrected chi connectivity index (χ1v) is 18.9. The fourth-order valence-electron chi connectivity index (χ4n) is 12.5. The van der Waals surface area contributed by atoms with E-state index in [1.165, 1.54) is 6.92 Å². The Balaban J connectivity index is 1.36. The molecule has 4 aliphatic carbocycles. The monoisotopic (exact) mass is 693 g/mol. The number of aliphatic hydroxyl groups is 6. The fraction of sp³-hybridized carbons (Fsp3) is 0.946. The largest absolute Gasteiger partial charge is 0.456 e. The molecule has 7 aliphatic rings. The number of nitrogens with zero attached hydrogens (tertiary/aromatic N) is 1. The molecule has 4 bridgehead atoms. The smallest absolute Gasteiger partial charge is 0.338 e. The molecule has 49 heavy (non-hydrogen) atoms. The number of aliphatic hydroxyl groups excluding tert-OH is 2. The number of hydrogen-bond donors (Lipinski definition) is 6. The molecule has 0 unspecified atom stereocenters. The van der Waals surface area contributed by atoms with Crippen molar-refractivity contribution >= 4 is 11.9 Å². The van der Waals surface area contributed by atoms with E-state index in [1.807, 2.05) is 13.8 Å². The highest BCUT2D eigenvalue weighted by molar-refractivity contribution is 5.79. The molecule has 0 aromatic carbocycles. The minimum absolute atomic E-state index is 0.0259. The molecule has 0 amide bonds. The third-order valence-electron chi connectivity index (χ3n) is 15.4. The van der Waals surface area contributed by atoms with E-state index in [4.69, 9.17) is 14.2 Å². The van der Waals surface area contributed by atoms with Gasteiger partial charge >= 0.3 is 11.9 Å². The van der Waals surface area contributed by atoms with Crippen molar-refractivity contribution in [1.82, 2.24) is 4.90 Å². The molecule has 3 aliphatic heterocycles. The molecule has 6 N–H and O–H groups in total. The number of piperidine rings is 2. The van der Waals surface area contributed by atoms with Crippen LogP contribution in [0.1, 0.15) is 99.8 Å². The van der Waals surface area contributed by atoms with E-state index in [9.17, 15) is 40.2 Å². The van der Waals surface area contributed by atoms with Crippen molar-refractivity contribution in [3.8, 4) is 0 Å². The summed E-state index contributed by atoms with van der Waals surface area (Å²) in [6.45, 7) is 13.8. The number of fused-ring (bicyclic) bond motifs is 5. The van der Waals surface area contributed by atoms with Crippen LogP contribution < -0.4 is 0 Å². The van der Waals surface area contributed by atoms with Gasteiger partial charge in [0, 0.05) is 42.3 Å². The van der Waals surface area contributed by atoms with Gasteiger partial charge in [-0.25, -0.2) is 4.79 Å². The van der Waals surface area contributed by atoms with Gasteiger partial charge in [0.1, 0.15) is 5.60 Å². The Kier molecular flexibility index (Phi) is 8.31. The number of ether oxygens (including phenoxy) is 3. The Morgan fingerprint density at radius 3 is 2.41 bits per heavy atom. The SMILES string of the molecule is CC[C@H](C)C(=O)O[C@@H]1CC[C@@]2(C)[C@H]3C[C@@H](O)[C@@H]4[C@@]5(O)[C@@H](C[C@@]42O[C@]13O)[C@@H]1CN2C[C@H](C)CC[C@H]2[C@@](C)(O)[C@H]1[C@H](O)[C@@H]5OC(=O)[C@](C)(O)CC. The topological polar surface area (TPSA) is 186 Å². The molecular formula is C37H59NO11. The molecular weight excluding hydrogens is 634 g/mol. The van der Waals surface area contributed by atoms with Crippen molar-refractivity contribution in [2.24, 2.45) is 46.8 Å². The standard InChI is InChI=1S/C37H59NO11/c1-8-19(4)30(41)47-25-12-13-32(5)23-14-22(39)28-35(32,49-37(23,25)46)15-21-20-17-38-16-18(3)10-11-24(38)34(7,44)26(20)27(40)29(36(21,28)45)48-31(42)33(6,43)9-2/h18-29,39-40,43-46H,8-17H2,1-7H3/t18-,19+,20+,21+,22-,23-,24+,25-,26-,27+,28+,29+,32+,33-,34-,35-,36+,37+/m1/s1. The Bertz CT molecular complexity index is 1360. The normalized spacial score (nSPS) is 54.8. The lowest BCUT2D eigenvalue weighted by Gasteiger charge is -2.64. The molecule has 0 radical (unpaired) electrons. The molecule has 3 heterocycles. The van der Waals surface area contributed by atoms with E-state index in [1.54, 1.807) is 20.8 Å². The van der Waals surface area contributed by atoms with Gasteiger partial charge in [-0.2, -0.15) is 0 Å². The van der Waals surface area contributed by atoms with Crippen LogP contribution in [0.25, 0.3) is 0 Å². The third kappa shape index (κ3) is 4.56. The lowest BCUT2D eigenvalue weighted by Crippen LogP contribution is -2.77. The van der Waals surface area contributed by atoms with Crippen LogP contribution in [0.5, 0.6) is 0 Å². The van der Waals surface area contributed by atoms with Gasteiger partial charge in [-0.05, 0) is 83.0 Å². The van der Waals surface area contributed by atoms with Crippen LogP contribution in [0.2, 0.25) is 0 Å². The van der Waals surface area contributed by atoms with Crippen LogP contribution >= 0.6 is 0 Å². The molecule has 4 saturated carbocycles. The van der Waals surface area contributed by atoms with E-state index in [-0.39, 0.29) is 31.2 Å². The van der Waals surface area contributed by atoms with Crippen LogP contribution in [0.4, 0.5) is 0 Å². The quantitative estimate of drug-likeness (QED) is 0.221. The number of carbonyl (C=O) groups is 2. The highest BCUT2D eigenvalue weighted by atomic mass is 16.7. The molecule has 7 fully saturated rings. The minimum atomic E-state index is -2.05. The summed E-state index contributed by atoms with van der Waals surface area (Å²) in [7, 11) is 0. The van der Waals surface area contributed by atoms with Crippen molar-refractivity contribution in [3.05, 3.63) is 0 Å². The number of rotatable bonds is 6. The molecule has 0 aromatic rings. The Morgan fingerprint density at radius 2 is 1.76 bits per heavy atom. The molecule has 278 valence electrons. The van der Waals surface area contributed by atoms with Gasteiger partial charge in [-0.1, -0.05) is 34.6 Å². The van der Waals surface area contributed by atoms with E-state index in [0.29, 0.717) is 31.7 Å². The highest BCUT2D eigenvalue weighted by Gasteiger charge is 2.87. The molecule has 1 spiro atoms. The second-order valence-electron chi connectivity index (χ2n) is 18.0. The molecule has 18 atom stereocenters. The van der Waals surface area contributed by atoms with Crippen molar-refractivity contribution in [2.75, 3.05) is 13.1 Å². The first-order valence-electron chi connectivity index (χ1n) is 18.9. The van der Waals surface area contributed by atoms with Gasteiger partial charge in [-0.15, -0.1) is 0 Å². The van der Waals surface area contributed by atoms with Crippen LogP contribution in [0, 0.1) is 46.8 Å². The predicted octanol–water partition coefficient (Wildman–Crippen LogP) is 1.49. The first-order chi connectivity index (χ1) is 22.7. The lowest BCUT2D eigenvalue weighted by atomic mass is 9.49. The van der Waals surface area contributed by atoms with Crippen LogP contribution in [-0.4, -0.2) is 119 Å². The zero-order valence-corrected chi connectivity index (χ0v) is 30.2. The second kappa shape index (κ2) is 11.3. The van der Waals surface area contributed by atoms with E-state index < -0.39 is 99.6 Å². The molecule has 7 rings (SSSR count). The van der Waals surface area contributed by atoms with Crippen molar-refractivity contribution < 1.29 is 54.4 Å². The summed E-state index contributed by atoms with van der Waals surface area (Å²) in [5.74, 6) is -7.09. The summed E-state index contributed by atoms with van der Waals surface area (Å²) in [5.41, 5.74) is -7.49. The summed E-state index contributed by atoms with van der Waals surface area (Å²) in [6.07, 6.45) is -2.08. The lowest BCUT2D eigenvalue weighted by molar-refractivity contribution is -0.301. The Hall–Kier alpha value is -1.38. The first kappa shape index (κ1) is 36.0. The van der Waals surface area contributed by atoms with Crippen LogP contribution in [-0.2, 0) is 23.8 Å². The second-order valence-corrected chi connectivity index (χ2v) is 18.0. The van der Waals surface area contributed by atoms with E-state index in [2.05, 4.69) is 11.8 Å². The number of carbonyl (C=O) groups excluding carboxylic acids is 2. The zero-order chi connectivity index (χ0) is 35.9. The summed E-state index contributed by atoms with van der Waals surface area (Å²) in [5, 5.41) is 73.7. The molecule has 12 heteroatoms. The average Bonchev–Trinajstić information content (AvgIpc) is 3.31. The van der Waals surface area contributed by atoms with Gasteiger partial charge in [-0.3, -0.25) is 9.69 Å². The van der Waals surface area contributed by atoms with Crippen molar-refractivity contribution in [3.63, 3.8) is 0 Å². The minimum Gasteiger partial charge on any atom is -0.456 e. The zero-order valence-electron chi connectivity index (χ0n) is 30.2. The number of hydrogen-bond acceptors (Lipinski definition) is 12. The maximum absolute atomic E-state index is 13.6. The summed E-state index contributed by atoms with van der Waals surface area (Å²) < 4.78 is 18.9. The third-order valence-corrected chi connectivity index (χ3v) is 15.4. The van der Waals surface area contributed by atoms with Gasteiger partial charge in [0.2, 0.25) is 5.79 Å². The van der Waals surface area contributed by atoms with Gasteiger partial charge in [0.05, 0.1) is 29.3 Å². The van der Waals surface area contributed by atoms with Crippen LogP contribution in [0.3, 0.4) is 0 Å². The number of esters is 2. The Morgan fingerprint density at radius 1 is 1.06 bits per heavy atom.